The fourth-order valence-electron chi connectivity index (χ4n) is 6.02. The van der Waals surface area contributed by atoms with Gasteiger partial charge in [0.2, 0.25) is 0 Å². The average molecular weight is 651 g/mol. The molecule has 0 aromatic heterocycles. The summed E-state index contributed by atoms with van der Waals surface area (Å²) in [7, 11) is -3.60. The van der Waals surface area contributed by atoms with Crippen LogP contribution >= 0.6 is 0 Å². The zero-order valence-electron chi connectivity index (χ0n) is 28.4. The summed E-state index contributed by atoms with van der Waals surface area (Å²) in [5.74, 6) is -0.267. The molecular weight excluding hydrogens is 593 g/mol. The summed E-state index contributed by atoms with van der Waals surface area (Å²) in [4.78, 5) is 0. The lowest BCUT2D eigenvalue weighted by Gasteiger charge is -2.37. The molecule has 0 saturated carbocycles. The van der Waals surface area contributed by atoms with Crippen molar-refractivity contribution in [1.82, 2.24) is 0 Å². The number of unbranched alkanes of at least 4 members (excludes halogenated alkanes) is 13. The van der Waals surface area contributed by atoms with Gasteiger partial charge in [0.25, 0.3) is 10.1 Å². The normalized spacial score (nSPS) is 12.7. The quantitative estimate of drug-likeness (QED) is 0.0492. The molecular formula is C40H58O5S. The average Bonchev–Trinajstić information content (AvgIpc) is 3.08. The molecule has 3 aromatic rings. The molecule has 5 nitrogen and oxygen atoms in total. The fraction of sp³-hybridized carbons (Fsp3) is 0.550. The Kier molecular flexibility index (Phi) is 18.3. The molecule has 0 radical (unpaired) electrons. The first-order valence-corrected chi connectivity index (χ1v) is 19.5. The molecule has 1 atom stereocenters. The maximum atomic E-state index is 11.9. The molecule has 0 amide bonds. The molecule has 0 heterocycles. The first-order chi connectivity index (χ1) is 22.5. The molecule has 0 aliphatic carbocycles. The van der Waals surface area contributed by atoms with E-state index in [-0.39, 0.29) is 19.1 Å². The van der Waals surface area contributed by atoms with E-state index in [2.05, 4.69) is 43.3 Å². The van der Waals surface area contributed by atoms with E-state index >= 15 is 0 Å². The van der Waals surface area contributed by atoms with Crippen LogP contribution in [0.15, 0.2) is 91.0 Å². The van der Waals surface area contributed by atoms with E-state index < -0.39 is 15.7 Å². The van der Waals surface area contributed by atoms with Crippen molar-refractivity contribution in [1.29, 1.82) is 0 Å². The van der Waals surface area contributed by atoms with Gasteiger partial charge < -0.3 is 9.47 Å². The number of rotatable bonds is 26. The van der Waals surface area contributed by atoms with Crippen LogP contribution in [0.1, 0.15) is 114 Å². The lowest BCUT2D eigenvalue weighted by molar-refractivity contribution is -0.0377. The van der Waals surface area contributed by atoms with Crippen molar-refractivity contribution in [2.45, 2.75) is 102 Å². The van der Waals surface area contributed by atoms with E-state index in [4.69, 9.17) is 13.7 Å². The Labute approximate surface area is 280 Å². The van der Waals surface area contributed by atoms with Gasteiger partial charge >= 0.3 is 0 Å². The molecule has 0 N–H and O–H groups in total. The van der Waals surface area contributed by atoms with Gasteiger partial charge in [-0.3, -0.25) is 4.18 Å². The van der Waals surface area contributed by atoms with Crippen LogP contribution in [0.25, 0.3) is 0 Å². The minimum Gasteiger partial charge on any atom is -0.381 e. The van der Waals surface area contributed by atoms with E-state index in [1.807, 2.05) is 54.6 Å². The van der Waals surface area contributed by atoms with Crippen molar-refractivity contribution in [2.75, 3.05) is 32.7 Å². The summed E-state index contributed by atoms with van der Waals surface area (Å²) in [6.45, 7) is 3.55. The Balaban J connectivity index is 1.51. The Hall–Kier alpha value is -2.51. The minimum absolute atomic E-state index is 0.00597. The third kappa shape index (κ3) is 14.1. The molecule has 0 aliphatic heterocycles. The van der Waals surface area contributed by atoms with Gasteiger partial charge in [0, 0.05) is 12.5 Å². The zero-order valence-corrected chi connectivity index (χ0v) is 29.2. The second-order valence-corrected chi connectivity index (χ2v) is 14.3. The lowest BCUT2D eigenvalue weighted by Crippen LogP contribution is -2.36. The van der Waals surface area contributed by atoms with Crippen LogP contribution in [0.5, 0.6) is 0 Å². The SMILES string of the molecule is CCCCCCCCCCCCCCCCOCC(COC(c1ccccc1)(c1ccccc1)c1ccccc1)COS(C)(=O)=O. The van der Waals surface area contributed by atoms with Crippen LogP contribution in [0.2, 0.25) is 0 Å². The molecule has 0 aliphatic rings. The number of benzene rings is 3. The van der Waals surface area contributed by atoms with Crippen LogP contribution in [-0.4, -0.2) is 41.1 Å². The molecule has 3 rings (SSSR count). The monoisotopic (exact) mass is 650 g/mol. The van der Waals surface area contributed by atoms with Crippen LogP contribution in [0.3, 0.4) is 0 Å². The van der Waals surface area contributed by atoms with Gasteiger partial charge in [-0.05, 0) is 23.1 Å². The molecule has 0 spiro atoms. The molecule has 0 saturated heterocycles. The van der Waals surface area contributed by atoms with Crippen molar-refractivity contribution in [3.63, 3.8) is 0 Å². The molecule has 1 unspecified atom stereocenters. The second-order valence-electron chi connectivity index (χ2n) is 12.6. The van der Waals surface area contributed by atoms with Crippen molar-refractivity contribution >= 4 is 10.1 Å². The predicted octanol–water partition coefficient (Wildman–Crippen LogP) is 10.1. The van der Waals surface area contributed by atoms with Crippen molar-refractivity contribution < 1.29 is 22.1 Å². The third-order valence-corrected chi connectivity index (χ3v) is 9.15. The van der Waals surface area contributed by atoms with Gasteiger partial charge in [-0.15, -0.1) is 0 Å². The van der Waals surface area contributed by atoms with Crippen molar-refractivity contribution in [3.05, 3.63) is 108 Å². The maximum absolute atomic E-state index is 11.9. The van der Waals surface area contributed by atoms with Gasteiger partial charge in [0.05, 0.1) is 26.1 Å². The summed E-state index contributed by atoms with van der Waals surface area (Å²) >= 11 is 0. The van der Waals surface area contributed by atoms with Crippen molar-refractivity contribution in [3.8, 4) is 0 Å². The first-order valence-electron chi connectivity index (χ1n) is 17.7. The Morgan fingerprint density at radius 3 is 1.33 bits per heavy atom. The molecule has 6 heteroatoms. The molecule has 254 valence electrons. The highest BCUT2D eigenvalue weighted by atomic mass is 32.2. The van der Waals surface area contributed by atoms with E-state index in [9.17, 15) is 8.42 Å². The summed E-state index contributed by atoms with van der Waals surface area (Å²) in [5, 5.41) is 0. The summed E-state index contributed by atoms with van der Waals surface area (Å²) in [6.07, 6.45) is 19.5. The molecule has 46 heavy (non-hydrogen) atoms. The van der Waals surface area contributed by atoms with E-state index in [1.54, 1.807) is 0 Å². The Morgan fingerprint density at radius 1 is 0.543 bits per heavy atom. The van der Waals surface area contributed by atoms with Gasteiger partial charge in [-0.1, -0.05) is 181 Å². The topological polar surface area (TPSA) is 61.8 Å². The highest BCUT2D eigenvalue weighted by Gasteiger charge is 2.38. The summed E-state index contributed by atoms with van der Waals surface area (Å²) in [6, 6.07) is 30.6. The third-order valence-electron chi connectivity index (χ3n) is 8.59. The highest BCUT2D eigenvalue weighted by Crippen LogP contribution is 2.40. The van der Waals surface area contributed by atoms with Crippen molar-refractivity contribution in [2.24, 2.45) is 5.92 Å². The predicted molar refractivity (Wildman–Crippen MR) is 191 cm³/mol. The number of ether oxygens (including phenoxy) is 2. The molecule has 3 aromatic carbocycles. The molecule has 0 fully saturated rings. The highest BCUT2D eigenvalue weighted by molar-refractivity contribution is 7.85. The Bertz CT molecular complexity index is 1170. The standard InChI is InChI=1S/C40H58O5S/c1-3-4-5-6-7-8-9-10-11-12-13-14-15-25-32-43-33-36(35-45-46(2,41)42)34-44-40(37-26-19-16-20-27-37,38-28-21-17-22-29-38)39-30-23-18-24-31-39/h16-24,26-31,36H,3-15,25,32-35H2,1-2H3. The lowest BCUT2D eigenvalue weighted by atomic mass is 9.80. The van der Waals surface area contributed by atoms with Gasteiger partial charge in [-0.25, -0.2) is 0 Å². The van der Waals surface area contributed by atoms with Crippen LogP contribution in [0, 0.1) is 5.92 Å². The number of hydrogen-bond acceptors (Lipinski definition) is 5. The summed E-state index contributed by atoms with van der Waals surface area (Å²) in [5.41, 5.74) is 2.11. The minimum atomic E-state index is -3.60. The van der Waals surface area contributed by atoms with E-state index in [0.29, 0.717) is 13.2 Å². The number of hydrogen-bond donors (Lipinski definition) is 0. The van der Waals surface area contributed by atoms with Crippen LogP contribution in [0.4, 0.5) is 0 Å². The van der Waals surface area contributed by atoms with E-state index in [0.717, 1.165) is 35.8 Å². The first kappa shape index (κ1) is 37.9. The van der Waals surface area contributed by atoms with Gasteiger partial charge in [0.1, 0.15) is 5.60 Å². The van der Waals surface area contributed by atoms with E-state index in [1.165, 1.54) is 77.0 Å². The zero-order chi connectivity index (χ0) is 32.8. The van der Waals surface area contributed by atoms with Gasteiger partial charge in [0.15, 0.2) is 0 Å². The second kappa shape index (κ2) is 22.1. The fourth-order valence-corrected chi connectivity index (χ4v) is 6.46. The largest absolute Gasteiger partial charge is 0.381 e. The summed E-state index contributed by atoms with van der Waals surface area (Å²) < 4.78 is 42.1. The van der Waals surface area contributed by atoms with Gasteiger partial charge in [-0.2, -0.15) is 8.42 Å². The smallest absolute Gasteiger partial charge is 0.264 e. The van der Waals surface area contributed by atoms with Crippen LogP contribution < -0.4 is 0 Å². The Morgan fingerprint density at radius 2 is 0.935 bits per heavy atom. The maximum Gasteiger partial charge on any atom is 0.264 e. The molecule has 0 bridgehead atoms. The van der Waals surface area contributed by atoms with Crippen LogP contribution in [-0.2, 0) is 29.4 Å².